The van der Waals surface area contributed by atoms with Crippen LogP contribution in [0.3, 0.4) is 0 Å². The van der Waals surface area contributed by atoms with E-state index in [1.807, 2.05) is 64.1 Å². The van der Waals surface area contributed by atoms with Crippen molar-refractivity contribution >= 4 is 11.7 Å². The molecule has 0 saturated carbocycles. The second-order valence-electron chi connectivity index (χ2n) is 6.88. The average molecular weight is 340 g/mol. The van der Waals surface area contributed by atoms with E-state index in [1.165, 1.54) is 5.56 Å². The zero-order chi connectivity index (χ0) is 18.0. The molecule has 132 valence electrons. The summed E-state index contributed by atoms with van der Waals surface area (Å²) in [4.78, 5) is 12.4. The lowest BCUT2D eigenvalue weighted by Gasteiger charge is -2.29. The standard InChI is InChI=1S/C20H24N2O3/c1-13-5-7-16(14(2)11-13)21-19(23)22-20(3,4)15-6-8-17-18(12-15)25-10-9-24-17/h5-8,11-12H,9-10H2,1-4H3,(H2,21,22,23). The van der Waals surface area contributed by atoms with Crippen LogP contribution in [0, 0.1) is 13.8 Å². The summed E-state index contributed by atoms with van der Waals surface area (Å²) in [6.07, 6.45) is 0. The summed E-state index contributed by atoms with van der Waals surface area (Å²) >= 11 is 0. The summed E-state index contributed by atoms with van der Waals surface area (Å²) in [7, 11) is 0. The molecule has 25 heavy (non-hydrogen) atoms. The Labute approximate surface area is 148 Å². The van der Waals surface area contributed by atoms with Crippen molar-refractivity contribution in [2.45, 2.75) is 33.2 Å². The third-order valence-electron chi connectivity index (χ3n) is 4.32. The van der Waals surface area contributed by atoms with Crippen molar-refractivity contribution < 1.29 is 14.3 Å². The van der Waals surface area contributed by atoms with Crippen LogP contribution in [-0.4, -0.2) is 19.2 Å². The molecule has 1 aliphatic rings. The van der Waals surface area contributed by atoms with Crippen molar-refractivity contribution in [1.29, 1.82) is 0 Å². The summed E-state index contributed by atoms with van der Waals surface area (Å²) in [6.45, 7) is 9.03. The average Bonchev–Trinajstić information content (AvgIpc) is 2.56. The fourth-order valence-corrected chi connectivity index (χ4v) is 2.90. The highest BCUT2D eigenvalue weighted by molar-refractivity contribution is 5.90. The lowest BCUT2D eigenvalue weighted by atomic mass is 9.94. The van der Waals surface area contributed by atoms with Crippen LogP contribution in [0.15, 0.2) is 36.4 Å². The molecule has 2 aromatic rings. The fourth-order valence-electron chi connectivity index (χ4n) is 2.90. The molecule has 0 aliphatic carbocycles. The van der Waals surface area contributed by atoms with Crippen molar-refractivity contribution in [3.8, 4) is 11.5 Å². The predicted octanol–water partition coefficient (Wildman–Crippen LogP) is 4.13. The maximum atomic E-state index is 12.4. The van der Waals surface area contributed by atoms with E-state index in [0.29, 0.717) is 19.0 Å². The number of benzene rings is 2. The van der Waals surface area contributed by atoms with Gasteiger partial charge in [-0.25, -0.2) is 4.79 Å². The highest BCUT2D eigenvalue weighted by Crippen LogP contribution is 2.34. The van der Waals surface area contributed by atoms with Gasteiger partial charge in [0.2, 0.25) is 0 Å². The van der Waals surface area contributed by atoms with Gasteiger partial charge in [-0.1, -0.05) is 23.8 Å². The molecule has 2 amide bonds. The first-order valence-corrected chi connectivity index (χ1v) is 8.42. The number of hydrogen-bond acceptors (Lipinski definition) is 3. The van der Waals surface area contributed by atoms with Crippen molar-refractivity contribution in [1.82, 2.24) is 5.32 Å². The van der Waals surface area contributed by atoms with E-state index in [4.69, 9.17) is 9.47 Å². The Morgan fingerprint density at radius 1 is 1.00 bits per heavy atom. The Balaban J connectivity index is 1.73. The number of anilines is 1. The Morgan fingerprint density at radius 2 is 1.72 bits per heavy atom. The van der Waals surface area contributed by atoms with Gasteiger partial charge >= 0.3 is 6.03 Å². The molecular formula is C20H24N2O3. The van der Waals surface area contributed by atoms with E-state index < -0.39 is 5.54 Å². The highest BCUT2D eigenvalue weighted by Gasteiger charge is 2.25. The molecule has 0 fully saturated rings. The Kier molecular flexibility index (Phi) is 4.57. The van der Waals surface area contributed by atoms with Gasteiger partial charge in [-0.15, -0.1) is 0 Å². The molecule has 0 aromatic heterocycles. The van der Waals surface area contributed by atoms with Gasteiger partial charge in [0.25, 0.3) is 0 Å². The Bertz CT molecular complexity index is 800. The van der Waals surface area contributed by atoms with E-state index in [-0.39, 0.29) is 6.03 Å². The molecule has 2 aromatic carbocycles. The van der Waals surface area contributed by atoms with Gasteiger partial charge in [0.05, 0.1) is 5.54 Å². The van der Waals surface area contributed by atoms with Gasteiger partial charge in [-0.05, 0) is 57.0 Å². The van der Waals surface area contributed by atoms with Crippen molar-refractivity contribution in [3.05, 3.63) is 53.1 Å². The van der Waals surface area contributed by atoms with Gasteiger partial charge in [0.15, 0.2) is 11.5 Å². The topological polar surface area (TPSA) is 59.6 Å². The molecule has 1 heterocycles. The lowest BCUT2D eigenvalue weighted by Crippen LogP contribution is -2.43. The first-order chi connectivity index (χ1) is 11.8. The zero-order valence-corrected chi connectivity index (χ0v) is 15.1. The molecular weight excluding hydrogens is 316 g/mol. The van der Waals surface area contributed by atoms with E-state index in [0.717, 1.165) is 22.6 Å². The zero-order valence-electron chi connectivity index (χ0n) is 15.1. The number of ether oxygens (including phenoxy) is 2. The summed E-state index contributed by atoms with van der Waals surface area (Å²) in [5.74, 6) is 1.46. The van der Waals surface area contributed by atoms with Crippen LogP contribution in [0.25, 0.3) is 0 Å². The lowest BCUT2D eigenvalue weighted by molar-refractivity contribution is 0.171. The fraction of sp³-hybridized carbons (Fsp3) is 0.350. The van der Waals surface area contributed by atoms with Gasteiger partial charge < -0.3 is 20.1 Å². The van der Waals surface area contributed by atoms with Crippen molar-refractivity contribution in [2.24, 2.45) is 0 Å². The second-order valence-corrected chi connectivity index (χ2v) is 6.88. The number of fused-ring (bicyclic) bond motifs is 1. The van der Waals surface area contributed by atoms with E-state index in [2.05, 4.69) is 10.6 Å². The molecule has 3 rings (SSSR count). The maximum Gasteiger partial charge on any atom is 0.319 e. The molecule has 0 unspecified atom stereocenters. The molecule has 0 radical (unpaired) electrons. The Hall–Kier alpha value is -2.69. The van der Waals surface area contributed by atoms with Gasteiger partial charge in [0, 0.05) is 5.69 Å². The quantitative estimate of drug-likeness (QED) is 0.883. The largest absolute Gasteiger partial charge is 0.486 e. The smallest absolute Gasteiger partial charge is 0.319 e. The van der Waals surface area contributed by atoms with Crippen LogP contribution in [0.4, 0.5) is 10.5 Å². The number of amides is 2. The molecule has 5 heteroatoms. The summed E-state index contributed by atoms with van der Waals surface area (Å²) in [5.41, 5.74) is 3.40. The van der Waals surface area contributed by atoms with Crippen LogP contribution in [0.2, 0.25) is 0 Å². The summed E-state index contributed by atoms with van der Waals surface area (Å²) in [6, 6.07) is 11.5. The van der Waals surface area contributed by atoms with Crippen molar-refractivity contribution in [3.63, 3.8) is 0 Å². The number of nitrogens with one attached hydrogen (secondary N) is 2. The minimum Gasteiger partial charge on any atom is -0.486 e. The number of carbonyl (C=O) groups is 1. The minimum atomic E-state index is -0.557. The van der Waals surface area contributed by atoms with Crippen LogP contribution < -0.4 is 20.1 Å². The SMILES string of the molecule is Cc1ccc(NC(=O)NC(C)(C)c2ccc3c(c2)OCCO3)c(C)c1. The van der Waals surface area contributed by atoms with E-state index in [1.54, 1.807) is 0 Å². The maximum absolute atomic E-state index is 12.4. The van der Waals surface area contributed by atoms with E-state index >= 15 is 0 Å². The summed E-state index contributed by atoms with van der Waals surface area (Å²) in [5, 5.41) is 5.94. The number of carbonyl (C=O) groups excluding carboxylic acids is 1. The monoisotopic (exact) mass is 340 g/mol. The predicted molar refractivity (Wildman–Crippen MR) is 98.5 cm³/mol. The number of hydrogen-bond donors (Lipinski definition) is 2. The molecule has 0 saturated heterocycles. The molecule has 0 spiro atoms. The molecule has 2 N–H and O–H groups in total. The first-order valence-electron chi connectivity index (χ1n) is 8.42. The molecule has 0 bridgehead atoms. The molecule has 0 atom stereocenters. The molecule has 1 aliphatic heterocycles. The van der Waals surface area contributed by atoms with Crippen LogP contribution >= 0.6 is 0 Å². The third kappa shape index (κ3) is 3.87. The normalized spacial score (nSPS) is 13.3. The van der Waals surface area contributed by atoms with Gasteiger partial charge in [0.1, 0.15) is 13.2 Å². The van der Waals surface area contributed by atoms with Gasteiger partial charge in [-0.2, -0.15) is 0 Å². The van der Waals surface area contributed by atoms with E-state index in [9.17, 15) is 4.79 Å². The van der Waals surface area contributed by atoms with Crippen LogP contribution in [-0.2, 0) is 5.54 Å². The molecule has 5 nitrogen and oxygen atoms in total. The van der Waals surface area contributed by atoms with Crippen LogP contribution in [0.1, 0.15) is 30.5 Å². The minimum absolute atomic E-state index is 0.244. The Morgan fingerprint density at radius 3 is 2.44 bits per heavy atom. The second kappa shape index (κ2) is 6.67. The van der Waals surface area contributed by atoms with Crippen molar-refractivity contribution in [2.75, 3.05) is 18.5 Å². The van der Waals surface area contributed by atoms with Gasteiger partial charge in [-0.3, -0.25) is 0 Å². The number of aryl methyl sites for hydroxylation is 2. The number of rotatable bonds is 3. The first kappa shape index (κ1) is 17.1. The van der Waals surface area contributed by atoms with Crippen LogP contribution in [0.5, 0.6) is 11.5 Å². The summed E-state index contributed by atoms with van der Waals surface area (Å²) < 4.78 is 11.2. The third-order valence-corrected chi connectivity index (χ3v) is 4.32. The highest BCUT2D eigenvalue weighted by atomic mass is 16.6. The number of urea groups is 1.